The number of aromatic nitrogens is 1. The topological polar surface area (TPSA) is 91.3 Å². The summed E-state index contributed by atoms with van der Waals surface area (Å²) in [6.07, 6.45) is 3.29. The Morgan fingerprint density at radius 3 is 2.50 bits per heavy atom. The number of rotatable bonds is 5. The molecule has 0 aliphatic carbocycles. The first kappa shape index (κ1) is 14.0. The summed E-state index contributed by atoms with van der Waals surface area (Å²) in [6, 6.07) is 2.78. The van der Waals surface area contributed by atoms with Gasteiger partial charge in [-0.3, -0.25) is 9.78 Å². The molecule has 18 heavy (non-hydrogen) atoms. The highest BCUT2D eigenvalue weighted by atomic mass is 16.4. The van der Waals surface area contributed by atoms with E-state index in [1.807, 2.05) is 0 Å². The molecule has 1 aromatic rings. The summed E-state index contributed by atoms with van der Waals surface area (Å²) in [5, 5.41) is 14.0. The second-order valence-electron chi connectivity index (χ2n) is 4.10. The molecule has 0 fully saturated rings. The number of carbonyl (C=O) groups is 2. The Hall–Kier alpha value is -2.11. The average Bonchev–Trinajstić information content (AvgIpc) is 2.36. The number of hydrogen-bond donors (Lipinski definition) is 3. The van der Waals surface area contributed by atoms with Crippen molar-refractivity contribution in [3.63, 3.8) is 0 Å². The van der Waals surface area contributed by atoms with E-state index in [0.29, 0.717) is 6.54 Å². The zero-order chi connectivity index (χ0) is 13.5. The number of nitrogens with zero attached hydrogens (tertiary/aromatic N) is 1. The fraction of sp³-hybridized carbons (Fsp3) is 0.417. The minimum absolute atomic E-state index is 0.378. The maximum Gasteiger partial charge on any atom is 0.315 e. The largest absolute Gasteiger partial charge is 0.481 e. The van der Waals surface area contributed by atoms with Gasteiger partial charge in [0.05, 0.1) is 5.92 Å². The van der Waals surface area contributed by atoms with Crippen molar-refractivity contribution in [2.24, 2.45) is 5.92 Å². The van der Waals surface area contributed by atoms with Crippen molar-refractivity contribution in [2.75, 3.05) is 0 Å². The lowest BCUT2D eigenvalue weighted by atomic mass is 10.0. The van der Waals surface area contributed by atoms with E-state index in [-0.39, 0.29) is 6.03 Å². The summed E-state index contributed by atoms with van der Waals surface area (Å²) < 4.78 is 0. The Morgan fingerprint density at radius 2 is 1.94 bits per heavy atom. The van der Waals surface area contributed by atoms with Gasteiger partial charge in [-0.1, -0.05) is 0 Å². The summed E-state index contributed by atoms with van der Waals surface area (Å²) in [5.41, 5.74) is 0.930. The van der Waals surface area contributed by atoms with Gasteiger partial charge in [0, 0.05) is 25.0 Å². The molecule has 98 valence electrons. The van der Waals surface area contributed by atoms with Gasteiger partial charge in [-0.15, -0.1) is 0 Å². The number of amides is 2. The van der Waals surface area contributed by atoms with Crippen molar-refractivity contribution in [1.29, 1.82) is 0 Å². The predicted octanol–water partition coefficient (Wildman–Crippen LogP) is 0.990. The van der Waals surface area contributed by atoms with Crippen LogP contribution in [0.2, 0.25) is 0 Å². The highest BCUT2D eigenvalue weighted by Crippen LogP contribution is 2.02. The van der Waals surface area contributed by atoms with Gasteiger partial charge in [-0.25, -0.2) is 4.79 Å². The van der Waals surface area contributed by atoms with Gasteiger partial charge in [0.2, 0.25) is 0 Å². The van der Waals surface area contributed by atoms with Crippen LogP contribution in [0.25, 0.3) is 0 Å². The van der Waals surface area contributed by atoms with E-state index in [1.54, 1.807) is 38.4 Å². The Balaban J connectivity index is 2.36. The van der Waals surface area contributed by atoms with Gasteiger partial charge in [0.15, 0.2) is 0 Å². The van der Waals surface area contributed by atoms with Crippen molar-refractivity contribution in [2.45, 2.75) is 26.4 Å². The molecule has 2 unspecified atom stereocenters. The van der Waals surface area contributed by atoms with Gasteiger partial charge >= 0.3 is 12.0 Å². The third kappa shape index (κ3) is 4.40. The van der Waals surface area contributed by atoms with Crippen molar-refractivity contribution in [3.8, 4) is 0 Å². The number of carboxylic acids is 1. The summed E-state index contributed by atoms with van der Waals surface area (Å²) in [4.78, 5) is 26.1. The van der Waals surface area contributed by atoms with Crippen molar-refractivity contribution >= 4 is 12.0 Å². The van der Waals surface area contributed by atoms with E-state index >= 15 is 0 Å². The zero-order valence-corrected chi connectivity index (χ0v) is 10.4. The molecule has 2 amide bonds. The lowest BCUT2D eigenvalue weighted by Gasteiger charge is -2.18. The molecule has 1 rings (SSSR count). The smallest absolute Gasteiger partial charge is 0.315 e. The molecule has 6 nitrogen and oxygen atoms in total. The van der Waals surface area contributed by atoms with E-state index in [0.717, 1.165) is 5.56 Å². The standard InChI is InChI=1S/C12H17N3O3/c1-8(11(16)17)9(2)15-12(18)14-7-10-3-5-13-6-4-10/h3-6,8-9H,7H2,1-2H3,(H,16,17)(H2,14,15,18). The molecule has 0 aliphatic rings. The van der Waals surface area contributed by atoms with Crippen LogP contribution >= 0.6 is 0 Å². The maximum atomic E-state index is 11.5. The fourth-order valence-corrected chi connectivity index (χ4v) is 1.28. The molecule has 6 heteroatoms. The van der Waals surface area contributed by atoms with E-state index in [2.05, 4.69) is 15.6 Å². The monoisotopic (exact) mass is 251 g/mol. The lowest BCUT2D eigenvalue weighted by Crippen LogP contribution is -2.45. The van der Waals surface area contributed by atoms with E-state index < -0.39 is 17.9 Å². The van der Waals surface area contributed by atoms with E-state index in [9.17, 15) is 9.59 Å². The maximum absolute atomic E-state index is 11.5. The van der Waals surface area contributed by atoms with Gasteiger partial charge in [0.25, 0.3) is 0 Å². The van der Waals surface area contributed by atoms with E-state index in [1.165, 1.54) is 0 Å². The van der Waals surface area contributed by atoms with Crippen LogP contribution < -0.4 is 10.6 Å². The Morgan fingerprint density at radius 1 is 1.33 bits per heavy atom. The number of carbonyl (C=O) groups excluding carboxylic acids is 1. The zero-order valence-electron chi connectivity index (χ0n) is 10.4. The molecule has 0 spiro atoms. The quantitative estimate of drug-likeness (QED) is 0.727. The molecular formula is C12H17N3O3. The Kier molecular flexibility index (Phi) is 5.10. The van der Waals surface area contributed by atoms with Crippen LogP contribution in [0.1, 0.15) is 19.4 Å². The first-order valence-corrected chi connectivity index (χ1v) is 5.66. The van der Waals surface area contributed by atoms with Gasteiger partial charge in [0.1, 0.15) is 0 Å². The molecule has 1 heterocycles. The highest BCUT2D eigenvalue weighted by molar-refractivity contribution is 5.76. The number of carboxylic acid groups (broad SMARTS) is 1. The minimum Gasteiger partial charge on any atom is -0.481 e. The lowest BCUT2D eigenvalue weighted by molar-refractivity contribution is -0.141. The van der Waals surface area contributed by atoms with Crippen LogP contribution in [0.5, 0.6) is 0 Å². The molecule has 0 aliphatic heterocycles. The van der Waals surface area contributed by atoms with Gasteiger partial charge in [-0.05, 0) is 31.5 Å². The van der Waals surface area contributed by atoms with Crippen LogP contribution in [0.15, 0.2) is 24.5 Å². The third-order valence-corrected chi connectivity index (χ3v) is 2.70. The molecular weight excluding hydrogens is 234 g/mol. The second kappa shape index (κ2) is 6.58. The van der Waals surface area contributed by atoms with Crippen LogP contribution in [-0.2, 0) is 11.3 Å². The van der Waals surface area contributed by atoms with Gasteiger partial charge in [-0.2, -0.15) is 0 Å². The van der Waals surface area contributed by atoms with Crippen LogP contribution in [0, 0.1) is 5.92 Å². The second-order valence-corrected chi connectivity index (χ2v) is 4.10. The van der Waals surface area contributed by atoms with Crippen LogP contribution in [0.4, 0.5) is 4.79 Å². The first-order valence-electron chi connectivity index (χ1n) is 5.66. The van der Waals surface area contributed by atoms with Crippen molar-refractivity contribution < 1.29 is 14.7 Å². The number of hydrogen-bond acceptors (Lipinski definition) is 3. The summed E-state index contributed by atoms with van der Waals surface area (Å²) in [7, 11) is 0. The molecule has 1 aromatic heterocycles. The molecule has 0 radical (unpaired) electrons. The van der Waals surface area contributed by atoms with Crippen molar-refractivity contribution in [1.82, 2.24) is 15.6 Å². The Bertz CT molecular complexity index is 408. The number of nitrogens with one attached hydrogen (secondary N) is 2. The average molecular weight is 251 g/mol. The molecule has 0 aromatic carbocycles. The number of urea groups is 1. The first-order chi connectivity index (χ1) is 8.50. The normalized spacial score (nSPS) is 13.4. The van der Waals surface area contributed by atoms with E-state index in [4.69, 9.17) is 5.11 Å². The minimum atomic E-state index is -0.933. The molecule has 0 saturated heterocycles. The number of aliphatic carboxylic acids is 1. The predicted molar refractivity (Wildman–Crippen MR) is 65.9 cm³/mol. The molecule has 2 atom stereocenters. The summed E-state index contributed by atoms with van der Waals surface area (Å²) in [5.74, 6) is -1.56. The summed E-state index contributed by atoms with van der Waals surface area (Å²) in [6.45, 7) is 3.59. The number of pyridine rings is 1. The fourth-order valence-electron chi connectivity index (χ4n) is 1.28. The van der Waals surface area contributed by atoms with Crippen LogP contribution in [-0.4, -0.2) is 28.1 Å². The SMILES string of the molecule is CC(NC(=O)NCc1ccncc1)C(C)C(=O)O. The molecule has 0 bridgehead atoms. The molecule has 3 N–H and O–H groups in total. The van der Waals surface area contributed by atoms with Crippen LogP contribution in [0.3, 0.4) is 0 Å². The Labute approximate surface area is 105 Å². The summed E-state index contributed by atoms with van der Waals surface area (Å²) >= 11 is 0. The third-order valence-electron chi connectivity index (χ3n) is 2.70. The van der Waals surface area contributed by atoms with Crippen molar-refractivity contribution in [3.05, 3.63) is 30.1 Å². The molecule has 0 saturated carbocycles. The van der Waals surface area contributed by atoms with Gasteiger partial charge < -0.3 is 15.7 Å². The highest BCUT2D eigenvalue weighted by Gasteiger charge is 2.20.